The summed E-state index contributed by atoms with van der Waals surface area (Å²) in [4.78, 5) is 29.4. The first-order valence-electron chi connectivity index (χ1n) is 10.0. The fourth-order valence-electron chi connectivity index (χ4n) is 3.01. The van der Waals surface area contributed by atoms with E-state index in [-0.39, 0.29) is 18.4 Å². The molecular weight excluding hydrogens is 416 g/mol. The second kappa shape index (κ2) is 11.1. The van der Waals surface area contributed by atoms with Gasteiger partial charge in [-0.15, -0.1) is 0 Å². The summed E-state index contributed by atoms with van der Waals surface area (Å²) in [5.41, 5.74) is 3.31. The Kier molecular flexibility index (Phi) is 8.28. The van der Waals surface area contributed by atoms with E-state index < -0.39 is 0 Å². The van der Waals surface area contributed by atoms with Crippen LogP contribution in [0.3, 0.4) is 0 Å². The minimum absolute atomic E-state index is 0.0515. The largest absolute Gasteiger partial charge is 0.465 e. The number of aromatic nitrogens is 1. The van der Waals surface area contributed by atoms with Gasteiger partial charge in [0.25, 0.3) is 0 Å². The molecule has 158 valence electrons. The Bertz CT molecular complexity index is 1070. The average Bonchev–Trinajstić information content (AvgIpc) is 3.04. The molecule has 0 atom stereocenters. The third-order valence-corrected chi connectivity index (χ3v) is 6.60. The van der Waals surface area contributed by atoms with Gasteiger partial charge in [-0.2, -0.15) is 16.8 Å². The van der Waals surface area contributed by atoms with Gasteiger partial charge in [0.2, 0.25) is 5.91 Å². The summed E-state index contributed by atoms with van der Waals surface area (Å²) in [6.07, 6.45) is 1.18. The van der Waals surface area contributed by atoms with Crippen molar-refractivity contribution in [2.45, 2.75) is 39.0 Å². The Balaban J connectivity index is 1.66. The van der Waals surface area contributed by atoms with E-state index >= 15 is 0 Å². The summed E-state index contributed by atoms with van der Waals surface area (Å²) < 4.78 is 7.87. The highest BCUT2D eigenvalue weighted by atomic mass is 32.2. The van der Waals surface area contributed by atoms with Crippen LogP contribution in [0.15, 0.2) is 53.5 Å². The van der Waals surface area contributed by atoms with Gasteiger partial charge >= 0.3 is 5.97 Å². The molecular formula is C23H26N2O3S2. The van der Waals surface area contributed by atoms with Gasteiger partial charge < -0.3 is 9.30 Å². The van der Waals surface area contributed by atoms with Crippen molar-refractivity contribution in [2.24, 2.45) is 4.99 Å². The first kappa shape index (κ1) is 22.3. The van der Waals surface area contributed by atoms with Gasteiger partial charge in [-0.25, -0.2) is 0 Å². The summed E-state index contributed by atoms with van der Waals surface area (Å²) in [6, 6.07) is 16.3. The minimum Gasteiger partial charge on any atom is -0.465 e. The molecule has 0 aliphatic carbocycles. The summed E-state index contributed by atoms with van der Waals surface area (Å²) in [6.45, 7) is 4.18. The number of esters is 1. The van der Waals surface area contributed by atoms with E-state index in [9.17, 15) is 9.59 Å². The van der Waals surface area contributed by atoms with Crippen molar-refractivity contribution in [3.8, 4) is 0 Å². The monoisotopic (exact) mass is 442 g/mol. The maximum absolute atomic E-state index is 12.5. The van der Waals surface area contributed by atoms with Crippen LogP contribution in [0.1, 0.15) is 30.9 Å². The van der Waals surface area contributed by atoms with Crippen LogP contribution in [-0.2, 0) is 26.6 Å². The first-order chi connectivity index (χ1) is 14.6. The number of carbonyl (C=O) groups is 2. The van der Waals surface area contributed by atoms with Gasteiger partial charge in [0.15, 0.2) is 4.80 Å². The van der Waals surface area contributed by atoms with E-state index in [2.05, 4.69) is 17.1 Å². The molecule has 3 rings (SSSR count). The number of thioether (sulfide) groups is 1. The van der Waals surface area contributed by atoms with Gasteiger partial charge in [-0.1, -0.05) is 47.7 Å². The molecule has 0 bridgehead atoms. The minimum atomic E-state index is -0.330. The lowest BCUT2D eigenvalue weighted by Gasteiger charge is -2.05. The molecule has 30 heavy (non-hydrogen) atoms. The SMILES string of the molecule is CCOC(=O)Cn1c(=NC(=O)CCCSCc2ccccc2)sc2cc(C)ccc21. The van der Waals surface area contributed by atoms with Crippen LogP contribution in [0.2, 0.25) is 0 Å². The zero-order valence-corrected chi connectivity index (χ0v) is 18.9. The molecule has 0 N–H and O–H groups in total. The van der Waals surface area contributed by atoms with Crippen LogP contribution in [0.4, 0.5) is 0 Å². The van der Waals surface area contributed by atoms with Crippen molar-refractivity contribution >= 4 is 45.2 Å². The first-order valence-corrected chi connectivity index (χ1v) is 12.0. The number of carbonyl (C=O) groups excluding carboxylic acids is 2. The number of hydrogen-bond acceptors (Lipinski definition) is 5. The fraction of sp³-hybridized carbons (Fsp3) is 0.348. The number of fused-ring (bicyclic) bond motifs is 1. The number of ether oxygens (including phenoxy) is 1. The van der Waals surface area contributed by atoms with Gasteiger partial charge in [-0.3, -0.25) is 9.59 Å². The molecule has 0 unspecified atom stereocenters. The van der Waals surface area contributed by atoms with Crippen molar-refractivity contribution in [3.05, 3.63) is 64.5 Å². The number of nitrogens with zero attached hydrogens (tertiary/aromatic N) is 2. The third-order valence-electron chi connectivity index (χ3n) is 4.44. The number of amides is 1. The summed E-state index contributed by atoms with van der Waals surface area (Å²) in [5.74, 6) is 1.37. The smallest absolute Gasteiger partial charge is 0.326 e. The van der Waals surface area contributed by atoms with Crippen molar-refractivity contribution in [3.63, 3.8) is 0 Å². The Morgan fingerprint density at radius 3 is 2.73 bits per heavy atom. The number of rotatable bonds is 9. The molecule has 5 nitrogen and oxygen atoms in total. The summed E-state index contributed by atoms with van der Waals surface area (Å²) in [5, 5.41) is 0. The van der Waals surface area contributed by atoms with Crippen LogP contribution >= 0.6 is 23.1 Å². The molecule has 7 heteroatoms. The molecule has 1 aromatic heterocycles. The lowest BCUT2D eigenvalue weighted by molar-refractivity contribution is -0.143. The second-order valence-electron chi connectivity index (χ2n) is 6.89. The van der Waals surface area contributed by atoms with Crippen LogP contribution in [0.25, 0.3) is 10.2 Å². The fourth-order valence-corrected chi connectivity index (χ4v) is 5.07. The Hall–Kier alpha value is -2.38. The van der Waals surface area contributed by atoms with Gasteiger partial charge in [0.1, 0.15) is 6.54 Å². The van der Waals surface area contributed by atoms with Crippen LogP contribution in [0, 0.1) is 6.92 Å². The summed E-state index contributed by atoms with van der Waals surface area (Å²) in [7, 11) is 0. The molecule has 0 saturated heterocycles. The lowest BCUT2D eigenvalue weighted by Crippen LogP contribution is -2.23. The van der Waals surface area contributed by atoms with E-state index in [1.165, 1.54) is 16.9 Å². The lowest BCUT2D eigenvalue weighted by atomic mass is 10.2. The van der Waals surface area contributed by atoms with E-state index in [0.29, 0.717) is 17.8 Å². The Labute approximate surface area is 184 Å². The number of hydrogen-bond donors (Lipinski definition) is 0. The third kappa shape index (κ3) is 6.31. The maximum atomic E-state index is 12.5. The van der Waals surface area contributed by atoms with Crippen molar-refractivity contribution < 1.29 is 14.3 Å². The normalized spacial score (nSPS) is 11.7. The zero-order chi connectivity index (χ0) is 21.3. The van der Waals surface area contributed by atoms with E-state index in [1.54, 1.807) is 11.5 Å². The van der Waals surface area contributed by atoms with Crippen LogP contribution in [0.5, 0.6) is 0 Å². The molecule has 0 aliphatic rings. The quantitative estimate of drug-likeness (QED) is 0.355. The zero-order valence-electron chi connectivity index (χ0n) is 17.3. The van der Waals surface area contributed by atoms with E-state index in [1.807, 2.05) is 55.1 Å². The predicted octanol–water partition coefficient (Wildman–Crippen LogP) is 4.72. The Morgan fingerprint density at radius 2 is 1.97 bits per heavy atom. The molecule has 1 amide bonds. The van der Waals surface area contributed by atoms with Crippen molar-refractivity contribution in [1.82, 2.24) is 4.57 Å². The number of benzene rings is 2. The highest BCUT2D eigenvalue weighted by Crippen LogP contribution is 2.19. The Morgan fingerprint density at radius 1 is 1.17 bits per heavy atom. The van der Waals surface area contributed by atoms with Crippen LogP contribution in [-0.4, -0.2) is 28.8 Å². The highest BCUT2D eigenvalue weighted by Gasteiger charge is 2.12. The van der Waals surface area contributed by atoms with E-state index in [0.717, 1.165) is 33.7 Å². The molecule has 0 fully saturated rings. The van der Waals surface area contributed by atoms with Crippen molar-refractivity contribution in [1.29, 1.82) is 0 Å². The number of aryl methyl sites for hydroxylation is 1. The number of thiazole rings is 1. The molecule has 0 saturated carbocycles. The second-order valence-corrected chi connectivity index (χ2v) is 9.01. The standard InChI is InChI=1S/C23H26N2O3S2/c1-3-28-22(27)15-25-19-12-11-17(2)14-20(19)30-23(25)24-21(26)10-7-13-29-16-18-8-5-4-6-9-18/h4-6,8-9,11-12,14H,3,7,10,13,15-16H2,1-2H3. The topological polar surface area (TPSA) is 60.7 Å². The average molecular weight is 443 g/mol. The maximum Gasteiger partial charge on any atom is 0.326 e. The predicted molar refractivity (Wildman–Crippen MR) is 124 cm³/mol. The molecule has 0 spiro atoms. The highest BCUT2D eigenvalue weighted by molar-refractivity contribution is 7.98. The molecule has 0 radical (unpaired) electrons. The van der Waals surface area contributed by atoms with Gasteiger partial charge in [0.05, 0.1) is 16.8 Å². The van der Waals surface area contributed by atoms with Gasteiger partial charge in [0, 0.05) is 12.2 Å². The molecule has 3 aromatic rings. The van der Waals surface area contributed by atoms with Crippen LogP contribution < -0.4 is 4.80 Å². The van der Waals surface area contributed by atoms with E-state index in [4.69, 9.17) is 4.74 Å². The van der Waals surface area contributed by atoms with Gasteiger partial charge in [-0.05, 0) is 49.3 Å². The summed E-state index contributed by atoms with van der Waals surface area (Å²) >= 11 is 3.25. The molecule has 0 aliphatic heterocycles. The molecule has 2 aromatic carbocycles. The van der Waals surface area contributed by atoms with Crippen molar-refractivity contribution in [2.75, 3.05) is 12.4 Å². The molecule has 1 heterocycles.